The van der Waals surface area contributed by atoms with Crippen LogP contribution < -0.4 is 4.74 Å². The van der Waals surface area contributed by atoms with E-state index in [1.165, 1.54) is 12.8 Å². The molecule has 2 atom stereocenters. The molecule has 1 N–H and O–H groups in total. The van der Waals surface area contributed by atoms with Crippen molar-refractivity contribution in [1.82, 2.24) is 4.90 Å². The van der Waals surface area contributed by atoms with Gasteiger partial charge in [0.25, 0.3) is 0 Å². The van der Waals surface area contributed by atoms with E-state index in [9.17, 15) is 4.79 Å². The van der Waals surface area contributed by atoms with Crippen LogP contribution in [0.2, 0.25) is 0 Å². The number of hydrogen-bond acceptors (Lipinski definition) is 3. The molecule has 0 saturated heterocycles. The second-order valence-corrected chi connectivity index (χ2v) is 5.30. The predicted octanol–water partition coefficient (Wildman–Crippen LogP) is 2.64. The summed E-state index contributed by atoms with van der Waals surface area (Å²) >= 11 is 0. The van der Waals surface area contributed by atoms with Crippen LogP contribution >= 0.6 is 0 Å². The van der Waals surface area contributed by atoms with Gasteiger partial charge in [-0.25, -0.2) is 4.79 Å². The van der Waals surface area contributed by atoms with Crippen molar-refractivity contribution >= 4 is 5.97 Å². The fourth-order valence-corrected chi connectivity index (χ4v) is 2.68. The molecule has 2 unspecified atom stereocenters. The van der Waals surface area contributed by atoms with E-state index in [0.29, 0.717) is 11.8 Å². The fourth-order valence-electron chi connectivity index (χ4n) is 2.68. The molecule has 0 bridgehead atoms. The highest BCUT2D eigenvalue weighted by atomic mass is 16.5. The topological polar surface area (TPSA) is 49.8 Å². The van der Waals surface area contributed by atoms with Crippen LogP contribution in [0, 0.1) is 0 Å². The predicted molar refractivity (Wildman–Crippen MR) is 73.8 cm³/mol. The van der Waals surface area contributed by atoms with Crippen molar-refractivity contribution in [3.8, 4) is 5.75 Å². The van der Waals surface area contributed by atoms with Crippen molar-refractivity contribution < 1.29 is 14.6 Å². The standard InChI is InChI=1S/C15H21NO3/c1-16(2)13-8-3-4-9-14(13)19-12-7-5-6-11(10-12)15(17)18/h5-7,10,13-14H,3-4,8-9H2,1-2H3,(H,17,18). The van der Waals surface area contributed by atoms with E-state index in [2.05, 4.69) is 19.0 Å². The maximum absolute atomic E-state index is 11.0. The number of carboxylic acids is 1. The third-order valence-electron chi connectivity index (χ3n) is 3.70. The van der Waals surface area contributed by atoms with E-state index >= 15 is 0 Å². The molecule has 0 radical (unpaired) electrons. The zero-order chi connectivity index (χ0) is 13.8. The molecule has 0 spiro atoms. The first kappa shape index (κ1) is 13.9. The average Bonchev–Trinajstić information content (AvgIpc) is 2.39. The van der Waals surface area contributed by atoms with E-state index < -0.39 is 5.97 Å². The number of ether oxygens (including phenoxy) is 1. The highest BCUT2D eigenvalue weighted by Gasteiger charge is 2.28. The molecule has 2 rings (SSSR count). The number of nitrogens with zero attached hydrogens (tertiary/aromatic N) is 1. The molecule has 1 aliphatic carbocycles. The van der Waals surface area contributed by atoms with E-state index in [0.717, 1.165) is 12.8 Å². The Morgan fingerprint density at radius 2 is 2.05 bits per heavy atom. The summed E-state index contributed by atoms with van der Waals surface area (Å²) in [5.41, 5.74) is 0.273. The lowest BCUT2D eigenvalue weighted by Crippen LogP contribution is -2.44. The third kappa shape index (κ3) is 3.47. The van der Waals surface area contributed by atoms with Gasteiger partial charge < -0.3 is 14.7 Å². The zero-order valence-corrected chi connectivity index (χ0v) is 11.5. The molecule has 4 nitrogen and oxygen atoms in total. The minimum absolute atomic E-state index is 0.146. The second kappa shape index (κ2) is 6.06. The molecule has 1 fully saturated rings. The summed E-state index contributed by atoms with van der Waals surface area (Å²) in [6, 6.07) is 7.14. The van der Waals surface area contributed by atoms with Crippen LogP contribution in [0.5, 0.6) is 5.75 Å². The van der Waals surface area contributed by atoms with Gasteiger partial charge in [0.1, 0.15) is 11.9 Å². The number of likely N-dealkylation sites (N-methyl/N-ethyl adjacent to an activating group) is 1. The first-order chi connectivity index (χ1) is 9.08. The average molecular weight is 263 g/mol. The van der Waals surface area contributed by atoms with Gasteiger partial charge in [0, 0.05) is 6.04 Å². The van der Waals surface area contributed by atoms with E-state index in [1.807, 2.05) is 6.07 Å². The fraction of sp³-hybridized carbons (Fsp3) is 0.533. The number of benzene rings is 1. The lowest BCUT2D eigenvalue weighted by molar-refractivity contribution is 0.0614. The highest BCUT2D eigenvalue weighted by Crippen LogP contribution is 2.26. The van der Waals surface area contributed by atoms with Crippen LogP contribution in [-0.4, -0.2) is 42.2 Å². The Balaban J connectivity index is 2.10. The summed E-state index contributed by atoms with van der Waals surface area (Å²) in [7, 11) is 4.14. The summed E-state index contributed by atoms with van der Waals surface area (Å²) in [6.45, 7) is 0. The van der Waals surface area contributed by atoms with Gasteiger partial charge in [-0.05, 0) is 51.6 Å². The van der Waals surface area contributed by atoms with E-state index in [4.69, 9.17) is 9.84 Å². The Hall–Kier alpha value is -1.55. The van der Waals surface area contributed by atoms with E-state index in [-0.39, 0.29) is 11.7 Å². The molecule has 104 valence electrons. The lowest BCUT2D eigenvalue weighted by Gasteiger charge is -2.36. The zero-order valence-electron chi connectivity index (χ0n) is 11.5. The van der Waals surface area contributed by atoms with Crippen molar-refractivity contribution in [3.63, 3.8) is 0 Å². The second-order valence-electron chi connectivity index (χ2n) is 5.30. The molecule has 0 aromatic heterocycles. The minimum Gasteiger partial charge on any atom is -0.489 e. The molecule has 0 aliphatic heterocycles. The smallest absolute Gasteiger partial charge is 0.335 e. The molecule has 1 aliphatic rings. The maximum atomic E-state index is 11.0. The molecule has 4 heteroatoms. The molecular weight excluding hydrogens is 242 g/mol. The van der Waals surface area contributed by atoms with E-state index in [1.54, 1.807) is 18.2 Å². The van der Waals surface area contributed by atoms with Gasteiger partial charge in [0.2, 0.25) is 0 Å². The normalized spacial score (nSPS) is 23.3. The summed E-state index contributed by atoms with van der Waals surface area (Å²) in [4.78, 5) is 13.2. The Bertz CT molecular complexity index is 445. The molecule has 0 heterocycles. The van der Waals surface area contributed by atoms with Crippen molar-refractivity contribution in [3.05, 3.63) is 29.8 Å². The van der Waals surface area contributed by atoms with Gasteiger partial charge in [0.05, 0.1) is 5.56 Å². The van der Waals surface area contributed by atoms with Gasteiger partial charge in [-0.1, -0.05) is 12.5 Å². The molecule has 0 amide bonds. The summed E-state index contributed by atoms with van der Waals surface area (Å²) in [6.07, 6.45) is 4.72. The molecular formula is C15H21NO3. The highest BCUT2D eigenvalue weighted by molar-refractivity contribution is 5.87. The lowest BCUT2D eigenvalue weighted by atomic mass is 9.91. The van der Waals surface area contributed by atoms with Gasteiger partial charge in [-0.15, -0.1) is 0 Å². The van der Waals surface area contributed by atoms with Crippen molar-refractivity contribution in [2.45, 2.75) is 37.8 Å². The number of hydrogen-bond donors (Lipinski definition) is 1. The van der Waals surface area contributed by atoms with Crippen LogP contribution in [0.4, 0.5) is 0 Å². The number of carboxylic acid groups (broad SMARTS) is 1. The summed E-state index contributed by atoms with van der Waals surface area (Å²) in [5, 5.41) is 8.99. The van der Waals surface area contributed by atoms with Gasteiger partial charge in [0.15, 0.2) is 0 Å². The summed E-state index contributed by atoms with van der Waals surface area (Å²) < 4.78 is 6.02. The third-order valence-corrected chi connectivity index (χ3v) is 3.70. The quantitative estimate of drug-likeness (QED) is 0.907. The largest absolute Gasteiger partial charge is 0.489 e. The molecule has 1 saturated carbocycles. The van der Waals surface area contributed by atoms with Crippen molar-refractivity contribution in [2.24, 2.45) is 0 Å². The number of rotatable bonds is 4. The van der Waals surface area contributed by atoms with Crippen LogP contribution in [0.1, 0.15) is 36.0 Å². The minimum atomic E-state index is -0.918. The number of aromatic carboxylic acids is 1. The SMILES string of the molecule is CN(C)C1CCCCC1Oc1cccc(C(=O)O)c1. The van der Waals surface area contributed by atoms with Crippen LogP contribution in [0.15, 0.2) is 24.3 Å². The van der Waals surface area contributed by atoms with Gasteiger partial charge in [-0.3, -0.25) is 0 Å². The molecule has 19 heavy (non-hydrogen) atoms. The Kier molecular flexibility index (Phi) is 4.43. The van der Waals surface area contributed by atoms with Crippen molar-refractivity contribution in [2.75, 3.05) is 14.1 Å². The van der Waals surface area contributed by atoms with Gasteiger partial charge >= 0.3 is 5.97 Å². The van der Waals surface area contributed by atoms with Crippen LogP contribution in [-0.2, 0) is 0 Å². The Morgan fingerprint density at radius 3 is 2.74 bits per heavy atom. The van der Waals surface area contributed by atoms with Crippen LogP contribution in [0.25, 0.3) is 0 Å². The number of carbonyl (C=O) groups is 1. The van der Waals surface area contributed by atoms with Gasteiger partial charge in [-0.2, -0.15) is 0 Å². The Labute approximate surface area is 114 Å². The monoisotopic (exact) mass is 263 g/mol. The molecule has 1 aromatic carbocycles. The first-order valence-electron chi connectivity index (χ1n) is 6.74. The summed E-state index contributed by atoms with van der Waals surface area (Å²) in [5.74, 6) is -0.267. The van der Waals surface area contributed by atoms with Crippen molar-refractivity contribution in [1.29, 1.82) is 0 Å². The van der Waals surface area contributed by atoms with Crippen LogP contribution in [0.3, 0.4) is 0 Å². The Morgan fingerprint density at radius 1 is 1.32 bits per heavy atom. The first-order valence-corrected chi connectivity index (χ1v) is 6.74. The molecule has 1 aromatic rings. The maximum Gasteiger partial charge on any atom is 0.335 e.